The molecule has 90 valence electrons. The van der Waals surface area contributed by atoms with Crippen LogP contribution in [0.5, 0.6) is 0 Å². The molecule has 0 radical (unpaired) electrons. The number of thiazole rings is 1. The molecule has 1 aromatic carbocycles. The lowest BCUT2D eigenvalue weighted by atomic mass is 9.73. The number of benzene rings is 1. The van der Waals surface area contributed by atoms with Crippen LogP contribution in [-0.4, -0.2) is 4.98 Å². The fourth-order valence-corrected chi connectivity index (χ4v) is 4.57. The van der Waals surface area contributed by atoms with Crippen LogP contribution in [0, 0.1) is 11.3 Å². The standard InChI is InChI=1S/C15H14N2S/c16-8-13-17-15-11-6-2-4-9-3-1-5-10(14(9)11)7-12(15)18-13/h7,9H,1-6H2/t9-/m1/s1. The Kier molecular flexibility index (Phi) is 2.22. The third-order valence-electron chi connectivity index (χ3n) is 4.40. The molecule has 2 aliphatic rings. The number of nitriles is 1. The van der Waals surface area contributed by atoms with Gasteiger partial charge in [-0.15, -0.1) is 11.3 Å². The van der Waals surface area contributed by atoms with Gasteiger partial charge in [0.15, 0.2) is 5.01 Å². The Balaban J connectivity index is 2.07. The van der Waals surface area contributed by atoms with Gasteiger partial charge in [-0.25, -0.2) is 4.98 Å². The summed E-state index contributed by atoms with van der Waals surface area (Å²) in [5.74, 6) is 0.772. The molecule has 0 aliphatic heterocycles. The summed E-state index contributed by atoms with van der Waals surface area (Å²) in [4.78, 5) is 4.54. The maximum absolute atomic E-state index is 9.03. The van der Waals surface area contributed by atoms with Crippen LogP contribution in [0.2, 0.25) is 0 Å². The summed E-state index contributed by atoms with van der Waals surface area (Å²) < 4.78 is 1.22. The van der Waals surface area contributed by atoms with Crippen LogP contribution in [-0.2, 0) is 12.8 Å². The van der Waals surface area contributed by atoms with Crippen molar-refractivity contribution < 1.29 is 0 Å². The fraction of sp³-hybridized carbons (Fsp3) is 0.467. The van der Waals surface area contributed by atoms with Crippen molar-refractivity contribution in [3.05, 3.63) is 27.8 Å². The molecule has 2 aliphatic carbocycles. The largest absolute Gasteiger partial charge is 0.226 e. The molecular weight excluding hydrogens is 240 g/mol. The number of aromatic nitrogens is 1. The fourth-order valence-electron chi connectivity index (χ4n) is 3.72. The summed E-state index contributed by atoms with van der Waals surface area (Å²) >= 11 is 1.55. The van der Waals surface area contributed by atoms with E-state index >= 15 is 0 Å². The molecule has 4 rings (SSSR count). The highest BCUT2D eigenvalue weighted by Crippen LogP contribution is 2.44. The van der Waals surface area contributed by atoms with Crippen molar-refractivity contribution in [3.8, 4) is 6.07 Å². The minimum atomic E-state index is 0.616. The Morgan fingerprint density at radius 1 is 1.28 bits per heavy atom. The number of hydrogen-bond acceptors (Lipinski definition) is 3. The van der Waals surface area contributed by atoms with Gasteiger partial charge < -0.3 is 0 Å². The average molecular weight is 254 g/mol. The third-order valence-corrected chi connectivity index (χ3v) is 5.30. The van der Waals surface area contributed by atoms with Crippen LogP contribution in [0.25, 0.3) is 10.2 Å². The van der Waals surface area contributed by atoms with E-state index < -0.39 is 0 Å². The molecule has 0 spiro atoms. The molecule has 3 heteroatoms. The molecule has 1 atom stereocenters. The van der Waals surface area contributed by atoms with E-state index in [-0.39, 0.29) is 0 Å². The quantitative estimate of drug-likeness (QED) is 0.714. The highest BCUT2D eigenvalue weighted by Gasteiger charge is 2.28. The Bertz CT molecular complexity index is 676. The highest BCUT2D eigenvalue weighted by atomic mass is 32.1. The molecule has 2 aromatic rings. The zero-order chi connectivity index (χ0) is 12.1. The molecule has 2 nitrogen and oxygen atoms in total. The summed E-state index contributed by atoms with van der Waals surface area (Å²) in [5.41, 5.74) is 5.74. The molecule has 1 heterocycles. The molecule has 0 unspecified atom stereocenters. The van der Waals surface area contributed by atoms with Crippen molar-refractivity contribution in [1.29, 1.82) is 5.26 Å². The lowest BCUT2D eigenvalue weighted by Gasteiger charge is -2.32. The van der Waals surface area contributed by atoms with Crippen LogP contribution in [0.4, 0.5) is 0 Å². The minimum Gasteiger partial charge on any atom is -0.226 e. The van der Waals surface area contributed by atoms with Crippen molar-refractivity contribution in [3.63, 3.8) is 0 Å². The maximum Gasteiger partial charge on any atom is 0.195 e. The van der Waals surface area contributed by atoms with E-state index in [1.807, 2.05) is 0 Å². The second-order valence-corrected chi connectivity index (χ2v) is 6.42. The lowest BCUT2D eigenvalue weighted by molar-refractivity contribution is 0.478. The monoisotopic (exact) mass is 254 g/mol. The van der Waals surface area contributed by atoms with Crippen molar-refractivity contribution in [2.45, 2.75) is 44.4 Å². The predicted octanol–water partition coefficient (Wildman–Crippen LogP) is 3.92. The average Bonchev–Trinajstić information content (AvgIpc) is 2.83. The number of aryl methyl sites for hydroxylation is 2. The number of nitrogens with zero attached hydrogens (tertiary/aromatic N) is 2. The van der Waals surface area contributed by atoms with Crippen LogP contribution in [0.1, 0.15) is 53.3 Å². The minimum absolute atomic E-state index is 0.616. The Morgan fingerprint density at radius 3 is 2.94 bits per heavy atom. The van der Waals surface area contributed by atoms with Crippen LogP contribution in [0.3, 0.4) is 0 Å². The highest BCUT2D eigenvalue weighted by molar-refractivity contribution is 7.19. The smallest absolute Gasteiger partial charge is 0.195 e. The zero-order valence-corrected chi connectivity index (χ0v) is 11.0. The maximum atomic E-state index is 9.03. The molecular formula is C15H14N2S. The summed E-state index contributed by atoms with van der Waals surface area (Å²) in [6, 6.07) is 4.50. The summed E-state index contributed by atoms with van der Waals surface area (Å²) in [7, 11) is 0. The molecule has 1 aromatic heterocycles. The van der Waals surface area contributed by atoms with Gasteiger partial charge in [0.05, 0.1) is 10.2 Å². The molecule has 0 amide bonds. The van der Waals surface area contributed by atoms with Gasteiger partial charge in [-0.2, -0.15) is 5.26 Å². The molecule has 0 saturated carbocycles. The second-order valence-electron chi connectivity index (χ2n) is 5.39. The lowest BCUT2D eigenvalue weighted by Crippen LogP contribution is -2.17. The topological polar surface area (TPSA) is 36.7 Å². The molecule has 0 bridgehead atoms. The second kappa shape index (κ2) is 3.80. The Labute approximate surface area is 110 Å². The van der Waals surface area contributed by atoms with Crippen LogP contribution in [0.15, 0.2) is 6.07 Å². The van der Waals surface area contributed by atoms with Gasteiger partial charge >= 0.3 is 0 Å². The normalized spacial score (nSPS) is 21.6. The van der Waals surface area contributed by atoms with E-state index in [1.165, 1.54) is 42.4 Å². The van der Waals surface area contributed by atoms with Gasteiger partial charge in [-0.05, 0) is 67.2 Å². The van der Waals surface area contributed by atoms with Crippen LogP contribution >= 0.6 is 11.3 Å². The summed E-state index contributed by atoms with van der Waals surface area (Å²) in [5, 5.41) is 9.65. The van der Waals surface area contributed by atoms with E-state index in [4.69, 9.17) is 5.26 Å². The van der Waals surface area contributed by atoms with E-state index in [0.717, 1.165) is 17.9 Å². The Hall–Kier alpha value is -1.40. The van der Waals surface area contributed by atoms with Gasteiger partial charge in [-0.3, -0.25) is 0 Å². The molecule has 0 saturated heterocycles. The summed E-state index contributed by atoms with van der Waals surface area (Å²) in [6.45, 7) is 0. The first-order valence-corrected chi connectivity index (χ1v) is 7.54. The zero-order valence-electron chi connectivity index (χ0n) is 10.2. The number of hydrogen-bond donors (Lipinski definition) is 0. The Morgan fingerprint density at radius 2 is 2.11 bits per heavy atom. The van der Waals surface area contributed by atoms with Gasteiger partial charge in [0, 0.05) is 0 Å². The molecule has 18 heavy (non-hydrogen) atoms. The van der Waals surface area contributed by atoms with E-state index in [1.54, 1.807) is 22.5 Å². The van der Waals surface area contributed by atoms with Gasteiger partial charge in [0.1, 0.15) is 6.07 Å². The number of fused-ring (bicyclic) bond motifs is 2. The molecule has 0 fully saturated rings. The first kappa shape index (κ1) is 10.5. The van der Waals surface area contributed by atoms with Gasteiger partial charge in [0.2, 0.25) is 0 Å². The summed E-state index contributed by atoms with van der Waals surface area (Å²) in [6.07, 6.45) is 7.68. The SMILES string of the molecule is N#Cc1nc2c3c4c(cc2s1)CCC[C@@H]4CCC3. The van der Waals surface area contributed by atoms with Gasteiger partial charge in [-0.1, -0.05) is 0 Å². The van der Waals surface area contributed by atoms with E-state index in [0.29, 0.717) is 5.01 Å². The first-order chi connectivity index (χ1) is 8.86. The van der Waals surface area contributed by atoms with Crippen molar-refractivity contribution in [2.75, 3.05) is 0 Å². The van der Waals surface area contributed by atoms with Gasteiger partial charge in [0.25, 0.3) is 0 Å². The van der Waals surface area contributed by atoms with Crippen molar-refractivity contribution >= 4 is 21.6 Å². The predicted molar refractivity (Wildman–Crippen MR) is 73.0 cm³/mol. The van der Waals surface area contributed by atoms with Crippen LogP contribution < -0.4 is 0 Å². The van der Waals surface area contributed by atoms with Crippen molar-refractivity contribution in [1.82, 2.24) is 4.98 Å². The first-order valence-electron chi connectivity index (χ1n) is 6.72. The van der Waals surface area contributed by atoms with E-state index in [9.17, 15) is 0 Å². The third kappa shape index (κ3) is 1.36. The molecule has 0 N–H and O–H groups in total. The van der Waals surface area contributed by atoms with E-state index in [2.05, 4.69) is 17.1 Å². The number of rotatable bonds is 0. The van der Waals surface area contributed by atoms with Crippen molar-refractivity contribution in [2.24, 2.45) is 0 Å².